The number of halogens is 1. The Hall–Kier alpha value is -2.64. The zero-order chi connectivity index (χ0) is 17.0. The molecule has 1 heterocycles. The lowest BCUT2D eigenvalue weighted by atomic mass is 9.97. The smallest absolute Gasteiger partial charge is 0.312 e. The summed E-state index contributed by atoms with van der Waals surface area (Å²) in [7, 11) is 0. The van der Waals surface area contributed by atoms with Crippen LogP contribution in [0.5, 0.6) is 5.75 Å². The SMILES string of the molecule is O=C(Cc1ccc(O)c(F)c1)N1C[C@@]2(C(=O)O)C[C@@]2(C(=O)O)C1. The van der Waals surface area contributed by atoms with E-state index in [-0.39, 0.29) is 25.9 Å². The van der Waals surface area contributed by atoms with Crippen molar-refractivity contribution in [1.29, 1.82) is 0 Å². The first-order chi connectivity index (χ1) is 10.7. The average molecular weight is 323 g/mol. The number of likely N-dealkylation sites (tertiary alicyclic amines) is 1. The average Bonchev–Trinajstić information content (AvgIpc) is 3.02. The number of hydrogen-bond donors (Lipinski definition) is 3. The third-order valence-electron chi connectivity index (χ3n) is 4.86. The van der Waals surface area contributed by atoms with Gasteiger partial charge in [0.25, 0.3) is 0 Å². The Kier molecular flexibility index (Phi) is 3.10. The van der Waals surface area contributed by atoms with Crippen molar-refractivity contribution in [3.8, 4) is 5.75 Å². The van der Waals surface area contributed by atoms with Crippen LogP contribution >= 0.6 is 0 Å². The zero-order valence-corrected chi connectivity index (χ0v) is 12.0. The van der Waals surface area contributed by atoms with Gasteiger partial charge in [-0.15, -0.1) is 0 Å². The Morgan fingerprint density at radius 1 is 1.13 bits per heavy atom. The second-order valence-corrected chi connectivity index (χ2v) is 6.16. The van der Waals surface area contributed by atoms with E-state index in [0.717, 1.165) is 12.1 Å². The Balaban J connectivity index is 1.76. The summed E-state index contributed by atoms with van der Waals surface area (Å²) in [6, 6.07) is 3.52. The number of piperidine rings is 1. The number of aromatic hydroxyl groups is 1. The van der Waals surface area contributed by atoms with Crippen LogP contribution < -0.4 is 0 Å². The van der Waals surface area contributed by atoms with E-state index < -0.39 is 40.2 Å². The number of benzene rings is 1. The molecular formula is C15H14FNO6. The number of carboxylic acids is 2. The number of carbonyl (C=O) groups is 3. The minimum atomic E-state index is -1.42. The Morgan fingerprint density at radius 3 is 2.17 bits per heavy atom. The molecule has 1 aliphatic heterocycles. The number of hydrogen-bond acceptors (Lipinski definition) is 4. The lowest BCUT2D eigenvalue weighted by Crippen LogP contribution is -2.35. The summed E-state index contributed by atoms with van der Waals surface area (Å²) in [6.07, 6.45) is -0.176. The number of phenolic OH excluding ortho intramolecular Hbond substituents is 1. The predicted molar refractivity (Wildman–Crippen MR) is 73.1 cm³/mol. The largest absolute Gasteiger partial charge is 0.505 e. The molecule has 8 heteroatoms. The van der Waals surface area contributed by atoms with E-state index in [9.17, 15) is 29.0 Å². The third kappa shape index (κ3) is 2.05. The number of carbonyl (C=O) groups excluding carboxylic acids is 1. The van der Waals surface area contributed by atoms with Crippen LogP contribution in [0.2, 0.25) is 0 Å². The number of aliphatic carboxylic acids is 2. The lowest BCUT2D eigenvalue weighted by Gasteiger charge is -2.20. The van der Waals surface area contributed by atoms with Gasteiger partial charge in [0.05, 0.1) is 6.42 Å². The standard InChI is InChI=1S/C15H14FNO6/c16-9-3-8(1-2-10(9)18)4-11(19)17-6-14(12(20)21)5-15(14,7-17)13(22)23/h1-3,18H,4-7H2,(H,20,21)(H,22,23)/t14-,15+. The number of phenols is 1. The molecule has 1 amide bonds. The molecule has 0 spiro atoms. The predicted octanol–water partition coefficient (Wildman–Crippen LogP) is 0.462. The quantitative estimate of drug-likeness (QED) is 0.741. The Morgan fingerprint density at radius 2 is 1.70 bits per heavy atom. The molecule has 2 aliphatic rings. The Bertz CT molecular complexity index is 707. The van der Waals surface area contributed by atoms with E-state index in [1.54, 1.807) is 0 Å². The van der Waals surface area contributed by atoms with Crippen molar-refractivity contribution in [3.63, 3.8) is 0 Å². The van der Waals surface area contributed by atoms with Gasteiger partial charge in [-0.2, -0.15) is 0 Å². The highest BCUT2D eigenvalue weighted by Crippen LogP contribution is 2.68. The van der Waals surface area contributed by atoms with Crippen LogP contribution in [0, 0.1) is 16.6 Å². The van der Waals surface area contributed by atoms with Gasteiger partial charge in [0, 0.05) is 13.1 Å². The molecule has 122 valence electrons. The van der Waals surface area contributed by atoms with E-state index in [2.05, 4.69) is 0 Å². The molecule has 3 N–H and O–H groups in total. The highest BCUT2D eigenvalue weighted by Gasteiger charge is 2.81. The molecule has 1 aromatic carbocycles. The highest BCUT2D eigenvalue weighted by atomic mass is 19.1. The van der Waals surface area contributed by atoms with Crippen LogP contribution in [-0.2, 0) is 20.8 Å². The minimum absolute atomic E-state index is 0.0162. The van der Waals surface area contributed by atoms with Crippen LogP contribution in [0.1, 0.15) is 12.0 Å². The normalized spacial score (nSPS) is 28.3. The molecule has 2 atom stereocenters. The van der Waals surface area contributed by atoms with E-state index in [1.807, 2.05) is 0 Å². The molecule has 1 aliphatic carbocycles. The van der Waals surface area contributed by atoms with Crippen molar-refractivity contribution in [2.45, 2.75) is 12.8 Å². The summed E-state index contributed by atoms with van der Waals surface area (Å²) in [5.74, 6) is -4.29. The van der Waals surface area contributed by atoms with Crippen LogP contribution in [-0.4, -0.2) is 51.2 Å². The molecule has 0 aromatic heterocycles. The minimum Gasteiger partial charge on any atom is -0.505 e. The first kappa shape index (κ1) is 15.3. The van der Waals surface area contributed by atoms with Gasteiger partial charge in [0.2, 0.25) is 5.91 Å². The van der Waals surface area contributed by atoms with Gasteiger partial charge in [-0.05, 0) is 24.1 Å². The number of carboxylic acid groups (broad SMARTS) is 2. The summed E-state index contributed by atoms with van der Waals surface area (Å²) in [4.78, 5) is 36.3. The molecule has 2 fully saturated rings. The van der Waals surface area contributed by atoms with Gasteiger partial charge in [-0.3, -0.25) is 14.4 Å². The third-order valence-corrected chi connectivity index (χ3v) is 4.86. The van der Waals surface area contributed by atoms with Crippen LogP contribution in [0.4, 0.5) is 4.39 Å². The van der Waals surface area contributed by atoms with Crippen LogP contribution in [0.15, 0.2) is 18.2 Å². The first-order valence-corrected chi connectivity index (χ1v) is 6.94. The number of amides is 1. The zero-order valence-electron chi connectivity index (χ0n) is 12.0. The van der Waals surface area contributed by atoms with Gasteiger partial charge in [0.15, 0.2) is 11.6 Å². The first-order valence-electron chi connectivity index (χ1n) is 6.94. The fourth-order valence-electron chi connectivity index (χ4n) is 3.41. The monoisotopic (exact) mass is 323 g/mol. The van der Waals surface area contributed by atoms with Gasteiger partial charge in [0.1, 0.15) is 10.8 Å². The van der Waals surface area contributed by atoms with Gasteiger partial charge in [-0.25, -0.2) is 4.39 Å². The van der Waals surface area contributed by atoms with Crippen molar-refractivity contribution in [2.24, 2.45) is 10.8 Å². The molecule has 0 bridgehead atoms. The number of rotatable bonds is 4. The lowest BCUT2D eigenvalue weighted by molar-refractivity contribution is -0.151. The second-order valence-electron chi connectivity index (χ2n) is 6.16. The maximum atomic E-state index is 13.3. The summed E-state index contributed by atoms with van der Waals surface area (Å²) in [5, 5.41) is 27.7. The van der Waals surface area contributed by atoms with Crippen LogP contribution in [0.25, 0.3) is 0 Å². The molecule has 7 nitrogen and oxygen atoms in total. The fraction of sp³-hybridized carbons (Fsp3) is 0.400. The Labute approximate surface area is 129 Å². The van der Waals surface area contributed by atoms with Crippen molar-refractivity contribution >= 4 is 17.8 Å². The fourth-order valence-corrected chi connectivity index (χ4v) is 3.41. The topological polar surface area (TPSA) is 115 Å². The van der Waals surface area contributed by atoms with Gasteiger partial charge < -0.3 is 20.2 Å². The molecule has 0 radical (unpaired) electrons. The highest BCUT2D eigenvalue weighted by molar-refractivity contribution is 5.96. The summed E-state index contributed by atoms with van der Waals surface area (Å²) < 4.78 is 13.3. The summed E-state index contributed by atoms with van der Waals surface area (Å²) in [5.41, 5.74) is -2.52. The molecule has 3 rings (SSSR count). The van der Waals surface area contributed by atoms with Gasteiger partial charge >= 0.3 is 11.9 Å². The summed E-state index contributed by atoms with van der Waals surface area (Å²) >= 11 is 0. The van der Waals surface area contributed by atoms with Crippen molar-refractivity contribution in [1.82, 2.24) is 4.90 Å². The molecule has 23 heavy (non-hydrogen) atoms. The maximum Gasteiger partial charge on any atom is 0.312 e. The number of nitrogens with zero attached hydrogens (tertiary/aromatic N) is 1. The molecule has 1 aromatic rings. The van der Waals surface area contributed by atoms with E-state index in [4.69, 9.17) is 5.11 Å². The summed E-state index contributed by atoms with van der Waals surface area (Å²) in [6.45, 7) is -0.317. The van der Waals surface area contributed by atoms with E-state index in [0.29, 0.717) is 5.56 Å². The molecule has 0 unspecified atom stereocenters. The number of fused-ring (bicyclic) bond motifs is 1. The second kappa shape index (κ2) is 4.68. The molecule has 1 saturated carbocycles. The van der Waals surface area contributed by atoms with E-state index in [1.165, 1.54) is 11.0 Å². The van der Waals surface area contributed by atoms with Crippen LogP contribution in [0.3, 0.4) is 0 Å². The molecule has 1 saturated heterocycles. The van der Waals surface area contributed by atoms with Crippen molar-refractivity contribution < 1.29 is 34.1 Å². The maximum absolute atomic E-state index is 13.3. The molecular weight excluding hydrogens is 309 g/mol. The van der Waals surface area contributed by atoms with E-state index >= 15 is 0 Å². The van der Waals surface area contributed by atoms with Crippen molar-refractivity contribution in [2.75, 3.05) is 13.1 Å². The van der Waals surface area contributed by atoms with Crippen molar-refractivity contribution in [3.05, 3.63) is 29.6 Å². The van der Waals surface area contributed by atoms with Gasteiger partial charge in [-0.1, -0.05) is 6.07 Å².